The van der Waals surface area contributed by atoms with Gasteiger partial charge in [-0.15, -0.1) is 6.42 Å². The third kappa shape index (κ3) is 10.0. The number of amides is 5. The van der Waals surface area contributed by atoms with E-state index in [-0.39, 0.29) is 75.0 Å². The average molecular weight is 1040 g/mol. The van der Waals surface area contributed by atoms with Crippen LogP contribution in [0.25, 0.3) is 32.9 Å². The summed E-state index contributed by atoms with van der Waals surface area (Å²) in [5.74, 6) is -0.648. The molecular weight excluding hydrogens is 983 g/mol. The van der Waals surface area contributed by atoms with Crippen molar-refractivity contribution in [2.45, 2.75) is 74.7 Å². The van der Waals surface area contributed by atoms with Crippen molar-refractivity contribution in [3.8, 4) is 35.4 Å². The summed E-state index contributed by atoms with van der Waals surface area (Å²) in [6.07, 6.45) is 13.0. The van der Waals surface area contributed by atoms with E-state index in [2.05, 4.69) is 48.2 Å². The summed E-state index contributed by atoms with van der Waals surface area (Å²) >= 11 is 0. The van der Waals surface area contributed by atoms with Crippen molar-refractivity contribution in [2.75, 3.05) is 83.5 Å². The van der Waals surface area contributed by atoms with E-state index in [1.165, 1.54) is 29.2 Å². The third-order valence-electron chi connectivity index (χ3n) is 15.2. The molecule has 21 heteroatoms. The maximum Gasteiger partial charge on any atom is 0.319 e. The zero-order valence-electron chi connectivity index (χ0n) is 42.2. The lowest BCUT2D eigenvalue weighted by Crippen LogP contribution is -2.54. The van der Waals surface area contributed by atoms with Gasteiger partial charge in [-0.25, -0.2) is 8.78 Å². The number of benzene rings is 3. The first-order chi connectivity index (χ1) is 36.7. The molecule has 5 unspecified atom stereocenters. The molecule has 5 saturated heterocycles. The number of halogens is 2. The van der Waals surface area contributed by atoms with E-state index in [4.69, 9.17) is 25.6 Å². The van der Waals surface area contributed by atoms with Crippen LogP contribution in [0, 0.1) is 24.0 Å². The number of hydrogen-bond acceptors (Lipinski definition) is 16. The number of pyridine rings is 1. The van der Waals surface area contributed by atoms with E-state index in [9.17, 15) is 33.5 Å². The molecule has 19 nitrogen and oxygen atoms in total. The van der Waals surface area contributed by atoms with Crippen LogP contribution in [0.15, 0.2) is 60.8 Å². The first-order valence-electron chi connectivity index (χ1n) is 25.4. The number of rotatable bonds is 16. The number of carbonyl (C=O) groups is 5. The van der Waals surface area contributed by atoms with Gasteiger partial charge in [0.2, 0.25) is 18.2 Å². The van der Waals surface area contributed by atoms with Gasteiger partial charge in [-0.2, -0.15) is 9.97 Å². The maximum atomic E-state index is 16.9. The molecule has 5 fully saturated rings. The number of phenols is 1. The van der Waals surface area contributed by atoms with Crippen molar-refractivity contribution in [3.05, 3.63) is 89.1 Å². The highest BCUT2D eigenvalue weighted by Gasteiger charge is 2.51. The fourth-order valence-corrected chi connectivity index (χ4v) is 11.6. The van der Waals surface area contributed by atoms with Gasteiger partial charge in [0.25, 0.3) is 11.8 Å². The van der Waals surface area contributed by atoms with Gasteiger partial charge in [-0.05, 0) is 80.3 Å². The minimum atomic E-state index is -0.977. The Morgan fingerprint density at radius 3 is 2.55 bits per heavy atom. The molecule has 6 aliphatic rings. The SMILES string of the molecule is C#Cc1c(F)ccc2cc(O)cc(-c3ncc4c(N5CC6CCC(C5)N6)nc(OCC56CCC(COC)N5CC(=C)C6)nc4c3F)c12.CN(C=O)CCOCCNc1ccc2c(c1)C(=O)N(C1CCC(=O)NC1=O)C2=O. The van der Waals surface area contributed by atoms with Gasteiger partial charge < -0.3 is 39.8 Å². The Kier molecular flexibility index (Phi) is 14.7. The smallest absolute Gasteiger partial charge is 0.319 e. The highest BCUT2D eigenvalue weighted by Crippen LogP contribution is 2.45. The van der Waals surface area contributed by atoms with Crippen LogP contribution in [-0.2, 0) is 23.9 Å². The normalized spacial score (nSPS) is 22.9. The van der Waals surface area contributed by atoms with E-state index in [1.807, 2.05) is 0 Å². The molecule has 8 heterocycles. The molecule has 5 atom stereocenters. The van der Waals surface area contributed by atoms with Crippen LogP contribution >= 0.6 is 0 Å². The van der Waals surface area contributed by atoms with E-state index < -0.39 is 41.3 Å². The minimum Gasteiger partial charge on any atom is -0.508 e. The molecule has 3 aromatic carbocycles. The molecule has 76 heavy (non-hydrogen) atoms. The van der Waals surface area contributed by atoms with Gasteiger partial charge in [0.15, 0.2) is 5.82 Å². The quantitative estimate of drug-likeness (QED) is 0.0350. The summed E-state index contributed by atoms with van der Waals surface area (Å²) in [5.41, 5.74) is 2.05. The molecule has 4 N–H and O–H groups in total. The highest BCUT2D eigenvalue weighted by atomic mass is 19.1. The zero-order valence-corrected chi connectivity index (χ0v) is 42.2. The second-order valence-corrected chi connectivity index (χ2v) is 20.3. The number of piperidine rings is 1. The van der Waals surface area contributed by atoms with Crippen molar-refractivity contribution in [1.29, 1.82) is 0 Å². The molecule has 0 spiro atoms. The van der Waals surface area contributed by atoms with Crippen LogP contribution in [0.3, 0.4) is 0 Å². The molecule has 0 radical (unpaired) electrons. The highest BCUT2D eigenvalue weighted by molar-refractivity contribution is 6.23. The van der Waals surface area contributed by atoms with Crippen LogP contribution < -0.4 is 25.6 Å². The molecule has 0 saturated carbocycles. The molecule has 396 valence electrons. The largest absolute Gasteiger partial charge is 0.508 e. The second kappa shape index (κ2) is 21.5. The molecular formula is C55H58F2N10O9. The van der Waals surface area contributed by atoms with Crippen molar-refractivity contribution >= 4 is 63.2 Å². The summed E-state index contributed by atoms with van der Waals surface area (Å²) in [6.45, 7) is 9.22. The Morgan fingerprint density at radius 1 is 1.01 bits per heavy atom. The molecule has 11 rings (SSSR count). The van der Waals surface area contributed by atoms with Gasteiger partial charge in [0.05, 0.1) is 47.4 Å². The van der Waals surface area contributed by atoms with Crippen molar-refractivity contribution in [3.63, 3.8) is 0 Å². The number of carbonyl (C=O) groups excluding carboxylic acids is 5. The number of phenolic OH excluding ortho intramolecular Hbond substituents is 1. The van der Waals surface area contributed by atoms with Crippen LogP contribution in [0.5, 0.6) is 11.8 Å². The van der Waals surface area contributed by atoms with Gasteiger partial charge >= 0.3 is 6.01 Å². The Labute approximate surface area is 436 Å². The topological polar surface area (TPSA) is 221 Å². The fraction of sp³-hybridized carbons (Fsp3) is 0.418. The number of methoxy groups -OCH3 is 1. The van der Waals surface area contributed by atoms with Crippen LogP contribution in [0.2, 0.25) is 0 Å². The van der Waals surface area contributed by atoms with Gasteiger partial charge in [-0.3, -0.25) is 44.1 Å². The monoisotopic (exact) mass is 1040 g/mol. The predicted molar refractivity (Wildman–Crippen MR) is 277 cm³/mol. The number of nitrogens with zero attached hydrogens (tertiary/aromatic N) is 7. The number of aromatic nitrogens is 3. The van der Waals surface area contributed by atoms with Crippen LogP contribution in [0.4, 0.5) is 20.3 Å². The first kappa shape index (κ1) is 51.8. The van der Waals surface area contributed by atoms with Crippen LogP contribution in [-0.4, -0.2) is 168 Å². The summed E-state index contributed by atoms with van der Waals surface area (Å²) in [6, 6.07) is 10.3. The summed E-state index contributed by atoms with van der Waals surface area (Å²) in [7, 11) is 3.38. The van der Waals surface area contributed by atoms with Crippen LogP contribution in [0.1, 0.15) is 71.2 Å². The second-order valence-electron chi connectivity index (χ2n) is 20.3. The third-order valence-corrected chi connectivity index (χ3v) is 15.2. The van der Waals surface area contributed by atoms with Gasteiger partial charge in [-0.1, -0.05) is 24.1 Å². The molecule has 2 bridgehead atoms. The lowest BCUT2D eigenvalue weighted by molar-refractivity contribution is -0.136. The van der Waals surface area contributed by atoms with Crippen molar-refractivity contribution < 1.29 is 52.1 Å². The number of fused-ring (bicyclic) bond motifs is 6. The Hall–Kier alpha value is -7.64. The number of terminal acetylenes is 1. The number of hydrogen-bond donors (Lipinski definition) is 4. The number of anilines is 2. The zero-order chi connectivity index (χ0) is 53.4. The predicted octanol–water partition coefficient (Wildman–Crippen LogP) is 4.54. The van der Waals surface area contributed by atoms with Gasteiger partial charge in [0, 0.05) is 94.3 Å². The Balaban J connectivity index is 0.000000195. The fourth-order valence-electron chi connectivity index (χ4n) is 11.6. The molecule has 6 aliphatic heterocycles. The lowest BCUT2D eigenvalue weighted by Gasteiger charge is -2.35. The number of ether oxygens (including phenoxy) is 3. The Bertz CT molecular complexity index is 3210. The number of likely N-dealkylation sites (N-methyl/N-ethyl adjacent to an activating group) is 1. The molecule has 2 aromatic heterocycles. The average Bonchev–Trinajstić information content (AvgIpc) is 4.16. The maximum absolute atomic E-state index is 16.9. The number of piperazine rings is 1. The van der Waals surface area contributed by atoms with E-state index in [0.717, 1.165) is 55.5 Å². The van der Waals surface area contributed by atoms with E-state index in [1.54, 1.807) is 38.6 Å². The molecule has 5 aromatic rings. The van der Waals surface area contributed by atoms with Crippen molar-refractivity contribution in [1.82, 2.24) is 40.3 Å². The van der Waals surface area contributed by atoms with Gasteiger partial charge in [0.1, 0.15) is 41.2 Å². The number of imide groups is 2. The summed E-state index contributed by atoms with van der Waals surface area (Å²) in [5, 5.41) is 20.7. The summed E-state index contributed by atoms with van der Waals surface area (Å²) in [4.78, 5) is 80.3. The van der Waals surface area contributed by atoms with E-state index >= 15 is 4.39 Å². The minimum absolute atomic E-state index is 0.0323. The Morgan fingerprint density at radius 2 is 1.80 bits per heavy atom. The molecule has 0 aliphatic carbocycles. The molecule has 5 amide bonds. The number of nitrogens with one attached hydrogen (secondary N) is 3. The lowest BCUT2D eigenvalue weighted by atomic mass is 9.94. The number of aromatic hydroxyl groups is 1. The van der Waals surface area contributed by atoms with E-state index in [0.29, 0.717) is 87.0 Å². The standard InChI is InChI=1S/C36H36F2N6O3.C19H22N4O6/c1-4-26-29(37)8-5-21-11-25(45)12-27(30(21)26)32-31(38)33-28(14-39-32)34(43-16-22-6-7-23(17-43)40-22)42-35(41-33)47-19-36-10-9-24(18-46-3)44(36)15-20(2)13-36;1-22(11-24)7-9-29-8-6-20-12-2-3-13-14(10-12)19(28)23(18(13)27)15-4-5-16(25)21-17(15)26/h1,5,8,11-12,14,22-24,40,45H,2,6-7,9-10,13,15-19H2,3H3;2-3,10-11,15,20H,4-9H2,1H3,(H,21,25,26). The van der Waals surface area contributed by atoms with Crippen molar-refractivity contribution in [2.24, 2.45) is 0 Å². The summed E-state index contributed by atoms with van der Waals surface area (Å²) < 4.78 is 49.1. The first-order valence-corrected chi connectivity index (χ1v) is 25.4.